The van der Waals surface area contributed by atoms with Gasteiger partial charge in [0.2, 0.25) is 0 Å². The maximum absolute atomic E-state index is 6.43. The first-order valence-electron chi connectivity index (χ1n) is 7.55. The Bertz CT molecular complexity index is 514. The van der Waals surface area contributed by atoms with Gasteiger partial charge in [0.1, 0.15) is 0 Å². The second kappa shape index (κ2) is 6.08. The Morgan fingerprint density at radius 1 is 1.29 bits per heavy atom. The summed E-state index contributed by atoms with van der Waals surface area (Å²) < 4.78 is 6.25. The summed E-state index contributed by atoms with van der Waals surface area (Å²) in [4.78, 5) is 0. The van der Waals surface area contributed by atoms with E-state index in [2.05, 4.69) is 39.9 Å². The molecular formula is C17H25Cl2NO. The van der Waals surface area contributed by atoms with Gasteiger partial charge in [-0.15, -0.1) is 0 Å². The minimum atomic E-state index is -0.206. The van der Waals surface area contributed by atoms with Crippen molar-refractivity contribution >= 4 is 23.2 Å². The van der Waals surface area contributed by atoms with Gasteiger partial charge < -0.3 is 10.1 Å². The molecule has 0 aromatic heterocycles. The van der Waals surface area contributed by atoms with E-state index in [1.165, 1.54) is 0 Å². The zero-order chi connectivity index (χ0) is 15.8. The molecule has 2 nitrogen and oxygen atoms in total. The Labute approximate surface area is 138 Å². The van der Waals surface area contributed by atoms with Crippen molar-refractivity contribution in [3.8, 4) is 0 Å². The largest absolute Gasteiger partial charge is 0.369 e. The van der Waals surface area contributed by atoms with Gasteiger partial charge in [-0.3, -0.25) is 0 Å². The van der Waals surface area contributed by atoms with Crippen LogP contribution in [0.5, 0.6) is 0 Å². The normalized spacial score (nSPS) is 25.0. The van der Waals surface area contributed by atoms with Crippen molar-refractivity contribution in [3.05, 3.63) is 33.8 Å². The number of ether oxygens (including phenoxy) is 1. The van der Waals surface area contributed by atoms with Gasteiger partial charge in [0, 0.05) is 22.0 Å². The van der Waals surface area contributed by atoms with Crippen LogP contribution in [0.25, 0.3) is 0 Å². The third kappa shape index (κ3) is 3.73. The zero-order valence-corrected chi connectivity index (χ0v) is 15.0. The molecule has 1 fully saturated rings. The van der Waals surface area contributed by atoms with Gasteiger partial charge in [0.05, 0.1) is 11.2 Å². The van der Waals surface area contributed by atoms with Crippen LogP contribution < -0.4 is 5.32 Å². The van der Waals surface area contributed by atoms with Gasteiger partial charge in [-0.25, -0.2) is 0 Å². The molecule has 1 saturated heterocycles. The summed E-state index contributed by atoms with van der Waals surface area (Å²) in [6.45, 7) is 11.6. The Balaban J connectivity index is 2.42. The van der Waals surface area contributed by atoms with Crippen LogP contribution in [0.3, 0.4) is 0 Å². The fourth-order valence-electron chi connectivity index (χ4n) is 3.57. The van der Waals surface area contributed by atoms with E-state index in [4.69, 9.17) is 27.9 Å². The van der Waals surface area contributed by atoms with Crippen LogP contribution in [0.15, 0.2) is 18.2 Å². The highest BCUT2D eigenvalue weighted by atomic mass is 35.5. The Hall–Kier alpha value is -0.280. The van der Waals surface area contributed by atoms with Gasteiger partial charge in [-0.2, -0.15) is 0 Å². The van der Waals surface area contributed by atoms with Crippen molar-refractivity contribution in [1.82, 2.24) is 5.32 Å². The van der Waals surface area contributed by atoms with Gasteiger partial charge >= 0.3 is 0 Å². The standard InChI is InChI=1S/C17H25Cl2NO/c1-6-20-15(12-9-11(18)7-8-14(12)19)13-10-16(2,3)21-17(13,4)5/h7-9,13,15,20H,6,10H2,1-5H3. The van der Waals surface area contributed by atoms with Gasteiger partial charge in [-0.1, -0.05) is 30.1 Å². The molecule has 0 amide bonds. The summed E-state index contributed by atoms with van der Waals surface area (Å²) in [5.41, 5.74) is 0.736. The molecular weight excluding hydrogens is 305 g/mol. The topological polar surface area (TPSA) is 21.3 Å². The van der Waals surface area contributed by atoms with Gasteiger partial charge in [-0.05, 0) is 64.4 Å². The number of hydrogen-bond donors (Lipinski definition) is 1. The smallest absolute Gasteiger partial charge is 0.0681 e. The molecule has 0 saturated carbocycles. The molecule has 4 heteroatoms. The predicted molar refractivity (Wildman–Crippen MR) is 90.2 cm³/mol. The van der Waals surface area contributed by atoms with Crippen LogP contribution in [0.2, 0.25) is 10.0 Å². The van der Waals surface area contributed by atoms with Crippen molar-refractivity contribution in [1.29, 1.82) is 0 Å². The first kappa shape index (κ1) is 17.1. The molecule has 1 aliphatic rings. The third-order valence-corrected chi connectivity index (χ3v) is 4.84. The predicted octanol–water partition coefficient (Wildman–Crippen LogP) is 5.24. The van der Waals surface area contributed by atoms with E-state index < -0.39 is 0 Å². The van der Waals surface area contributed by atoms with Gasteiger partial charge in [0.25, 0.3) is 0 Å². The highest BCUT2D eigenvalue weighted by Crippen LogP contribution is 2.48. The number of halogens is 2. The van der Waals surface area contributed by atoms with Crippen LogP contribution in [-0.4, -0.2) is 17.7 Å². The lowest BCUT2D eigenvalue weighted by Crippen LogP contribution is -2.38. The Morgan fingerprint density at radius 2 is 1.95 bits per heavy atom. The van der Waals surface area contributed by atoms with Crippen molar-refractivity contribution in [2.24, 2.45) is 5.92 Å². The van der Waals surface area contributed by atoms with E-state index in [9.17, 15) is 0 Å². The monoisotopic (exact) mass is 329 g/mol. The summed E-state index contributed by atoms with van der Waals surface area (Å²) in [6, 6.07) is 5.81. The minimum absolute atomic E-state index is 0.118. The van der Waals surface area contributed by atoms with Crippen LogP contribution in [-0.2, 0) is 4.74 Å². The minimum Gasteiger partial charge on any atom is -0.369 e. The zero-order valence-electron chi connectivity index (χ0n) is 13.5. The second-order valence-electron chi connectivity index (χ2n) is 6.98. The first-order chi connectivity index (χ1) is 9.66. The first-order valence-corrected chi connectivity index (χ1v) is 8.30. The summed E-state index contributed by atoms with van der Waals surface area (Å²) in [6.07, 6.45) is 0.987. The maximum atomic E-state index is 6.43. The van der Waals surface area contributed by atoms with Crippen LogP contribution in [0.1, 0.15) is 52.6 Å². The quantitative estimate of drug-likeness (QED) is 0.815. The Morgan fingerprint density at radius 3 is 2.48 bits per heavy atom. The lowest BCUT2D eigenvalue weighted by molar-refractivity contribution is -0.0778. The Kier molecular flexibility index (Phi) is 4.94. The SMILES string of the molecule is CCNC(c1cc(Cl)ccc1Cl)C1CC(C)(C)OC1(C)C. The summed E-state index contributed by atoms with van der Waals surface area (Å²) in [5.74, 6) is 0.336. The molecule has 0 spiro atoms. The van der Waals surface area contributed by atoms with Crippen LogP contribution in [0.4, 0.5) is 0 Å². The molecule has 1 aromatic carbocycles. The molecule has 1 aliphatic heterocycles. The average Bonchev–Trinajstić information content (AvgIpc) is 2.57. The summed E-state index contributed by atoms with van der Waals surface area (Å²) in [5, 5.41) is 5.05. The van der Waals surface area contributed by atoms with Crippen molar-refractivity contribution in [2.45, 2.75) is 58.3 Å². The lowest BCUT2D eigenvalue weighted by Gasteiger charge is -2.34. The lowest BCUT2D eigenvalue weighted by atomic mass is 9.79. The van der Waals surface area contributed by atoms with E-state index in [-0.39, 0.29) is 17.2 Å². The molecule has 118 valence electrons. The van der Waals surface area contributed by atoms with Crippen molar-refractivity contribution in [2.75, 3.05) is 6.54 Å². The van der Waals surface area contributed by atoms with Crippen LogP contribution in [0, 0.1) is 5.92 Å². The molecule has 1 heterocycles. The summed E-state index contributed by atoms with van der Waals surface area (Å²) in [7, 11) is 0. The van der Waals surface area contributed by atoms with E-state index in [0.29, 0.717) is 10.9 Å². The number of rotatable bonds is 4. The van der Waals surface area contributed by atoms with E-state index in [1.54, 1.807) is 0 Å². The molecule has 2 rings (SSSR count). The molecule has 2 atom stereocenters. The average molecular weight is 330 g/mol. The maximum Gasteiger partial charge on any atom is 0.0681 e. The summed E-state index contributed by atoms with van der Waals surface area (Å²) >= 11 is 12.6. The van der Waals surface area contributed by atoms with Crippen LogP contribution >= 0.6 is 23.2 Å². The fraction of sp³-hybridized carbons (Fsp3) is 0.647. The second-order valence-corrected chi connectivity index (χ2v) is 7.82. The number of hydrogen-bond acceptors (Lipinski definition) is 2. The highest BCUT2D eigenvalue weighted by molar-refractivity contribution is 6.33. The van der Waals surface area contributed by atoms with E-state index >= 15 is 0 Å². The van der Waals surface area contributed by atoms with E-state index in [1.807, 2.05) is 18.2 Å². The van der Waals surface area contributed by atoms with Gasteiger partial charge in [0.15, 0.2) is 0 Å². The van der Waals surface area contributed by atoms with Crippen molar-refractivity contribution < 1.29 is 4.74 Å². The van der Waals surface area contributed by atoms with Crippen molar-refractivity contribution in [3.63, 3.8) is 0 Å². The molecule has 21 heavy (non-hydrogen) atoms. The third-order valence-electron chi connectivity index (χ3n) is 4.26. The van der Waals surface area contributed by atoms with E-state index in [0.717, 1.165) is 23.6 Å². The molecule has 0 bridgehead atoms. The molecule has 0 aliphatic carbocycles. The molecule has 1 aromatic rings. The molecule has 1 N–H and O–H groups in total. The number of benzene rings is 1. The molecule has 2 unspecified atom stereocenters. The molecule has 0 radical (unpaired) electrons. The number of nitrogens with one attached hydrogen (secondary N) is 1. The highest BCUT2D eigenvalue weighted by Gasteiger charge is 2.49. The fourth-order valence-corrected chi connectivity index (χ4v) is 3.98.